The molecule has 1 unspecified atom stereocenters. The monoisotopic (exact) mass is 575 g/mol. The molecule has 0 amide bonds. The number of aryl methyl sites for hydroxylation is 1. The molecule has 1 heterocycles. The lowest BCUT2D eigenvalue weighted by Gasteiger charge is -2.44. The largest absolute Gasteiger partial charge is 0.545 e. The van der Waals surface area contributed by atoms with E-state index >= 15 is 0 Å². The number of hydrogen-bond donors (Lipinski definition) is 1. The standard InChI is InChI=1S/C29H35F2N3O5S/c1-20-6-8-21(9-7-20)32-29(40-3)34(2,26(28(37)38)19-27(35)36)22-12-15-33(16-13-22)14-4-5-17-39-23-10-11-24(30)25(31)18-23/h6-11,18-19,22H,4-5,12-17H2,1-3H3,(H-,35,36,37,38)/b26-19+,32-29?. The Balaban J connectivity index is 1.68. The zero-order chi connectivity index (χ0) is 29.3. The fourth-order valence-electron chi connectivity index (χ4n) is 4.88. The zero-order valence-corrected chi connectivity index (χ0v) is 23.8. The first-order chi connectivity index (χ1) is 19.0. The summed E-state index contributed by atoms with van der Waals surface area (Å²) in [5, 5.41) is 22.1. The Labute approximate surface area is 237 Å². The minimum Gasteiger partial charge on any atom is -0.545 e. The van der Waals surface area contributed by atoms with Gasteiger partial charge in [-0.1, -0.05) is 17.7 Å². The van der Waals surface area contributed by atoms with Crippen molar-refractivity contribution in [2.24, 2.45) is 4.99 Å². The van der Waals surface area contributed by atoms with E-state index < -0.39 is 23.6 Å². The van der Waals surface area contributed by atoms with Gasteiger partial charge in [0, 0.05) is 38.1 Å². The van der Waals surface area contributed by atoms with E-state index in [4.69, 9.17) is 9.73 Å². The summed E-state index contributed by atoms with van der Waals surface area (Å²) >= 11 is 1.30. The van der Waals surface area contributed by atoms with Crippen molar-refractivity contribution in [1.29, 1.82) is 0 Å². The highest BCUT2D eigenvalue weighted by molar-refractivity contribution is 8.12. The van der Waals surface area contributed by atoms with Crippen LogP contribution in [0.25, 0.3) is 0 Å². The number of piperidine rings is 1. The number of rotatable bonds is 11. The Kier molecular flexibility index (Phi) is 11.2. The highest BCUT2D eigenvalue weighted by Crippen LogP contribution is 2.34. The van der Waals surface area contributed by atoms with Crippen LogP contribution in [0.1, 0.15) is 31.2 Å². The molecule has 0 aliphatic carbocycles. The van der Waals surface area contributed by atoms with Gasteiger partial charge >= 0.3 is 5.97 Å². The summed E-state index contributed by atoms with van der Waals surface area (Å²) in [7, 11) is 1.71. The molecule has 0 radical (unpaired) electrons. The van der Waals surface area contributed by atoms with Crippen molar-refractivity contribution >= 4 is 34.6 Å². The molecule has 216 valence electrons. The number of nitrogens with zero attached hydrogens (tertiary/aromatic N) is 3. The Morgan fingerprint density at radius 3 is 2.40 bits per heavy atom. The number of likely N-dealkylation sites (tertiary alicyclic amines) is 1. The number of carbonyl (C=O) groups is 2. The van der Waals surface area contributed by atoms with Gasteiger partial charge < -0.3 is 24.6 Å². The first kappa shape index (κ1) is 31.3. The van der Waals surface area contributed by atoms with E-state index in [1.54, 1.807) is 13.3 Å². The number of amidine groups is 1. The highest BCUT2D eigenvalue weighted by atomic mass is 32.2. The summed E-state index contributed by atoms with van der Waals surface area (Å²) in [6.07, 6.45) is 5.29. The molecule has 1 aliphatic rings. The van der Waals surface area contributed by atoms with Gasteiger partial charge in [-0.25, -0.2) is 18.1 Å². The number of aliphatic carboxylic acids is 2. The number of thioether (sulfide) groups is 1. The summed E-state index contributed by atoms with van der Waals surface area (Å²) < 4.78 is 31.6. The average molecular weight is 576 g/mol. The first-order valence-corrected chi connectivity index (χ1v) is 14.3. The number of quaternary nitrogens is 1. The van der Waals surface area contributed by atoms with Gasteiger partial charge in [0.05, 0.1) is 25.3 Å². The molecule has 2 aromatic carbocycles. The van der Waals surface area contributed by atoms with Crippen molar-refractivity contribution in [3.8, 4) is 5.75 Å². The minimum atomic E-state index is -1.57. The number of carbonyl (C=O) groups excluding carboxylic acids is 1. The van der Waals surface area contributed by atoms with E-state index in [-0.39, 0.29) is 22.0 Å². The lowest BCUT2D eigenvalue weighted by Crippen LogP contribution is -2.59. The fraction of sp³-hybridized carbons (Fsp3) is 0.414. The van der Waals surface area contributed by atoms with Gasteiger partial charge in [0.2, 0.25) is 5.70 Å². The molecule has 0 aromatic heterocycles. The number of carboxylic acids is 2. The first-order valence-electron chi connectivity index (χ1n) is 13.1. The van der Waals surface area contributed by atoms with Crippen LogP contribution < -0.4 is 9.84 Å². The Morgan fingerprint density at radius 1 is 1.15 bits per heavy atom. The van der Waals surface area contributed by atoms with Crippen molar-refractivity contribution < 1.29 is 37.8 Å². The third-order valence-corrected chi connectivity index (χ3v) is 7.96. The molecule has 3 rings (SSSR count). The van der Waals surface area contributed by atoms with Gasteiger partial charge in [0.1, 0.15) is 11.8 Å². The van der Waals surface area contributed by atoms with Crippen LogP contribution >= 0.6 is 11.8 Å². The Morgan fingerprint density at radius 2 is 1.82 bits per heavy atom. The second-order valence-corrected chi connectivity index (χ2v) is 10.6. The Bertz CT molecular complexity index is 1250. The summed E-state index contributed by atoms with van der Waals surface area (Å²) in [4.78, 5) is 30.9. The maximum Gasteiger partial charge on any atom is 0.390 e. The molecule has 40 heavy (non-hydrogen) atoms. The minimum absolute atomic E-state index is 0.216. The number of likely N-dealkylation sites (N-methyl/N-ethyl adjacent to an activating group) is 1. The van der Waals surface area contributed by atoms with Crippen molar-refractivity contribution in [2.45, 2.75) is 38.6 Å². The molecule has 0 spiro atoms. The van der Waals surface area contributed by atoms with Gasteiger partial charge in [0.25, 0.3) is 5.17 Å². The van der Waals surface area contributed by atoms with E-state index in [2.05, 4.69) is 4.90 Å². The Hall–Kier alpha value is -3.28. The molecular weight excluding hydrogens is 540 g/mol. The third kappa shape index (κ3) is 8.12. The smallest absolute Gasteiger partial charge is 0.390 e. The van der Waals surface area contributed by atoms with E-state index in [1.165, 1.54) is 17.8 Å². The van der Waals surface area contributed by atoms with Crippen LogP contribution in [0.2, 0.25) is 0 Å². The van der Waals surface area contributed by atoms with E-state index in [1.807, 2.05) is 31.2 Å². The van der Waals surface area contributed by atoms with Crippen LogP contribution in [-0.2, 0) is 9.59 Å². The molecule has 1 atom stereocenters. The average Bonchev–Trinajstić information content (AvgIpc) is 2.93. The van der Waals surface area contributed by atoms with Gasteiger partial charge in [-0.05, 0) is 68.6 Å². The maximum atomic E-state index is 13.3. The predicted molar refractivity (Wildman–Crippen MR) is 149 cm³/mol. The predicted octanol–water partition coefficient (Wildman–Crippen LogP) is 4.11. The highest BCUT2D eigenvalue weighted by Gasteiger charge is 2.46. The van der Waals surface area contributed by atoms with Crippen LogP contribution in [-0.4, -0.2) is 77.2 Å². The number of carboxylic acid groups (broad SMARTS) is 2. The van der Waals surface area contributed by atoms with Crippen LogP contribution in [0.15, 0.2) is 59.2 Å². The summed E-state index contributed by atoms with van der Waals surface area (Å²) in [5.74, 6) is -4.48. The van der Waals surface area contributed by atoms with Crippen LogP contribution in [0.3, 0.4) is 0 Å². The molecule has 1 fully saturated rings. The summed E-state index contributed by atoms with van der Waals surface area (Å²) in [6.45, 7) is 4.53. The second kappa shape index (κ2) is 14.4. The molecule has 1 saturated heterocycles. The lowest BCUT2D eigenvalue weighted by atomic mass is 9.99. The number of hydrogen-bond acceptors (Lipinski definition) is 7. The molecule has 11 heteroatoms. The summed E-state index contributed by atoms with van der Waals surface area (Å²) in [6, 6.07) is 10.8. The van der Waals surface area contributed by atoms with Gasteiger partial charge in [0.15, 0.2) is 11.6 Å². The zero-order valence-electron chi connectivity index (χ0n) is 22.9. The topological polar surface area (TPSA) is 102 Å². The molecular formula is C29H35F2N3O5S. The maximum absolute atomic E-state index is 13.3. The van der Waals surface area contributed by atoms with Crippen LogP contribution in [0, 0.1) is 18.6 Å². The lowest BCUT2D eigenvalue weighted by molar-refractivity contribution is -0.803. The number of ether oxygens (including phenoxy) is 1. The number of halogens is 2. The quantitative estimate of drug-likeness (QED) is 0.141. The van der Waals surface area contributed by atoms with Gasteiger partial charge in [-0.3, -0.25) is 0 Å². The third-order valence-electron chi connectivity index (χ3n) is 7.13. The SMILES string of the molecule is CSC(=Nc1ccc(C)cc1)[N+](C)(/C(=C/C(=O)[O-])C(=O)O)C1CCN(CCCCOc2ccc(F)c(F)c2)CC1. The van der Waals surface area contributed by atoms with E-state index in [0.717, 1.165) is 37.1 Å². The van der Waals surface area contributed by atoms with Crippen LogP contribution in [0.4, 0.5) is 14.5 Å². The van der Waals surface area contributed by atoms with Crippen molar-refractivity contribution in [2.75, 3.05) is 39.5 Å². The fourth-order valence-corrected chi connectivity index (χ4v) is 5.71. The van der Waals surface area contributed by atoms with Crippen molar-refractivity contribution in [3.63, 3.8) is 0 Å². The van der Waals surface area contributed by atoms with Gasteiger partial charge in [-0.2, -0.15) is 4.99 Å². The molecule has 1 aliphatic heterocycles. The van der Waals surface area contributed by atoms with Gasteiger partial charge in [-0.15, -0.1) is 0 Å². The molecule has 8 nitrogen and oxygen atoms in total. The van der Waals surface area contributed by atoms with Crippen molar-refractivity contribution in [1.82, 2.24) is 4.90 Å². The number of unbranched alkanes of at least 4 members (excludes halogenated alkanes) is 1. The second-order valence-electron chi connectivity index (χ2n) is 9.87. The molecule has 1 N–H and O–H groups in total. The summed E-state index contributed by atoms with van der Waals surface area (Å²) in [5.41, 5.74) is 1.42. The number of benzene rings is 2. The van der Waals surface area contributed by atoms with E-state index in [9.17, 15) is 28.6 Å². The van der Waals surface area contributed by atoms with Crippen molar-refractivity contribution in [3.05, 3.63) is 71.4 Å². The molecule has 2 aromatic rings. The van der Waals surface area contributed by atoms with Crippen LogP contribution in [0.5, 0.6) is 5.75 Å². The molecule has 0 saturated carbocycles. The number of aliphatic imine (C=N–C) groups is 1. The van der Waals surface area contributed by atoms with E-state index in [0.29, 0.717) is 49.5 Å². The normalized spacial score (nSPS) is 16.9. The molecule has 0 bridgehead atoms.